The summed E-state index contributed by atoms with van der Waals surface area (Å²) in [6, 6.07) is 6.36. The van der Waals surface area contributed by atoms with Crippen molar-refractivity contribution in [2.24, 2.45) is 11.7 Å². The summed E-state index contributed by atoms with van der Waals surface area (Å²) < 4.78 is 0. The van der Waals surface area contributed by atoms with Gasteiger partial charge in [0.2, 0.25) is 5.91 Å². The van der Waals surface area contributed by atoms with Crippen LogP contribution in [0.1, 0.15) is 23.3 Å². The quantitative estimate of drug-likeness (QED) is 0.714. The van der Waals surface area contributed by atoms with Gasteiger partial charge >= 0.3 is 0 Å². The maximum atomic E-state index is 12.5. The third-order valence-electron chi connectivity index (χ3n) is 4.03. The Morgan fingerprint density at radius 1 is 1.17 bits per heavy atom. The van der Waals surface area contributed by atoms with E-state index in [1.807, 2.05) is 12.2 Å². The first-order valence-electron chi connectivity index (χ1n) is 7.30. The van der Waals surface area contributed by atoms with E-state index < -0.39 is 17.7 Å². The van der Waals surface area contributed by atoms with Crippen LogP contribution in [0.15, 0.2) is 41.2 Å². The standard InChI is InChI=1S/C16H16N4O3/c17-14(21)11-7-3-4-8-12(11)18-16(23)13-9-5-1-2-6-10(9)15(22)20-19-13/h1-6,11-12H,7-8H2,(H2,17,21)(H,18,23)(H,20,22)/t11-,12-/m1/s1. The number of aromatic nitrogens is 2. The molecule has 1 aliphatic rings. The van der Waals surface area contributed by atoms with Crippen molar-refractivity contribution in [1.29, 1.82) is 0 Å². The molecule has 1 aromatic carbocycles. The maximum Gasteiger partial charge on any atom is 0.272 e. The number of primary amides is 1. The lowest BCUT2D eigenvalue weighted by Crippen LogP contribution is -2.46. The van der Waals surface area contributed by atoms with Gasteiger partial charge in [-0.3, -0.25) is 14.4 Å². The van der Waals surface area contributed by atoms with Crippen LogP contribution in [-0.4, -0.2) is 28.1 Å². The van der Waals surface area contributed by atoms with Gasteiger partial charge in [-0.05, 0) is 18.9 Å². The Labute approximate surface area is 131 Å². The number of allylic oxidation sites excluding steroid dienone is 1. The molecular weight excluding hydrogens is 296 g/mol. The third kappa shape index (κ3) is 2.85. The van der Waals surface area contributed by atoms with Crippen molar-refractivity contribution < 1.29 is 9.59 Å². The number of benzene rings is 1. The molecule has 4 N–H and O–H groups in total. The fourth-order valence-electron chi connectivity index (χ4n) is 2.81. The highest BCUT2D eigenvalue weighted by Gasteiger charge is 2.29. The first-order chi connectivity index (χ1) is 11.1. The minimum Gasteiger partial charge on any atom is -0.369 e. The number of carbonyl (C=O) groups is 2. The number of amides is 2. The van der Waals surface area contributed by atoms with E-state index >= 15 is 0 Å². The van der Waals surface area contributed by atoms with Crippen LogP contribution in [0.3, 0.4) is 0 Å². The number of hydrogen-bond acceptors (Lipinski definition) is 4. The highest BCUT2D eigenvalue weighted by atomic mass is 16.2. The van der Waals surface area contributed by atoms with Gasteiger partial charge in [0.25, 0.3) is 11.5 Å². The van der Waals surface area contributed by atoms with Crippen LogP contribution in [0.25, 0.3) is 10.8 Å². The Hall–Kier alpha value is -2.96. The van der Waals surface area contributed by atoms with Gasteiger partial charge in [-0.1, -0.05) is 30.4 Å². The Morgan fingerprint density at radius 2 is 1.87 bits per heavy atom. The average molecular weight is 312 g/mol. The van der Waals surface area contributed by atoms with Crippen molar-refractivity contribution in [2.45, 2.75) is 18.9 Å². The predicted octanol–water partition coefficient (Wildman–Crippen LogP) is 0.473. The summed E-state index contributed by atoms with van der Waals surface area (Å²) >= 11 is 0. The molecular formula is C16H16N4O3. The second-order valence-corrected chi connectivity index (χ2v) is 5.48. The molecule has 0 fully saturated rings. The van der Waals surface area contributed by atoms with Gasteiger partial charge in [0, 0.05) is 11.4 Å². The fourth-order valence-corrected chi connectivity index (χ4v) is 2.81. The number of rotatable bonds is 3. The zero-order chi connectivity index (χ0) is 16.4. The van der Waals surface area contributed by atoms with Gasteiger partial charge in [-0.15, -0.1) is 0 Å². The Morgan fingerprint density at radius 3 is 2.61 bits per heavy atom. The summed E-state index contributed by atoms with van der Waals surface area (Å²) in [7, 11) is 0. The normalized spacial score (nSPS) is 20.3. The highest BCUT2D eigenvalue weighted by molar-refractivity contribution is 6.05. The minimum atomic E-state index is -0.446. The highest BCUT2D eigenvalue weighted by Crippen LogP contribution is 2.20. The van der Waals surface area contributed by atoms with Gasteiger partial charge in [-0.2, -0.15) is 5.10 Å². The van der Waals surface area contributed by atoms with E-state index in [1.54, 1.807) is 24.3 Å². The largest absolute Gasteiger partial charge is 0.369 e. The van der Waals surface area contributed by atoms with Gasteiger partial charge in [0.05, 0.1) is 11.3 Å². The number of nitrogens with two attached hydrogens (primary N) is 1. The molecule has 2 aromatic rings. The second kappa shape index (κ2) is 6.04. The van der Waals surface area contributed by atoms with Crippen LogP contribution in [0.2, 0.25) is 0 Å². The number of hydrogen-bond donors (Lipinski definition) is 3. The SMILES string of the molecule is NC(=O)[C@@H]1CC=CC[C@H]1NC(=O)c1n[nH]c(=O)c2ccccc12. The van der Waals surface area contributed by atoms with Crippen molar-refractivity contribution in [3.8, 4) is 0 Å². The Bertz CT molecular complexity index is 856. The Kier molecular flexibility index (Phi) is 3.92. The number of fused-ring (bicyclic) bond motifs is 1. The molecule has 0 aliphatic heterocycles. The molecule has 1 heterocycles. The summed E-state index contributed by atoms with van der Waals surface area (Å²) in [5.41, 5.74) is 5.16. The molecule has 2 amide bonds. The smallest absolute Gasteiger partial charge is 0.272 e. The van der Waals surface area contributed by atoms with Crippen molar-refractivity contribution in [1.82, 2.24) is 15.5 Å². The summed E-state index contributed by atoms with van der Waals surface area (Å²) in [6.45, 7) is 0. The summed E-state index contributed by atoms with van der Waals surface area (Å²) in [6.07, 6.45) is 4.81. The van der Waals surface area contributed by atoms with Gasteiger partial charge in [-0.25, -0.2) is 5.10 Å². The number of carbonyl (C=O) groups excluding carboxylic acids is 2. The number of aromatic amines is 1. The van der Waals surface area contributed by atoms with Crippen molar-refractivity contribution >= 4 is 22.6 Å². The van der Waals surface area contributed by atoms with Crippen LogP contribution >= 0.6 is 0 Å². The second-order valence-electron chi connectivity index (χ2n) is 5.48. The molecule has 0 saturated carbocycles. The molecule has 7 nitrogen and oxygen atoms in total. The lowest BCUT2D eigenvalue weighted by atomic mass is 9.88. The van der Waals surface area contributed by atoms with Crippen LogP contribution < -0.4 is 16.6 Å². The Balaban J connectivity index is 1.92. The van der Waals surface area contributed by atoms with E-state index in [9.17, 15) is 14.4 Å². The molecule has 7 heteroatoms. The van der Waals surface area contributed by atoms with Crippen LogP contribution in [0.4, 0.5) is 0 Å². The molecule has 0 unspecified atom stereocenters. The molecule has 23 heavy (non-hydrogen) atoms. The average Bonchev–Trinajstić information content (AvgIpc) is 2.55. The van der Waals surface area contributed by atoms with E-state index in [2.05, 4.69) is 15.5 Å². The van der Waals surface area contributed by atoms with Gasteiger partial charge in [0.1, 0.15) is 0 Å². The molecule has 1 aliphatic carbocycles. The molecule has 0 radical (unpaired) electrons. The molecule has 0 spiro atoms. The zero-order valence-corrected chi connectivity index (χ0v) is 12.3. The summed E-state index contributed by atoms with van der Waals surface area (Å²) in [5.74, 6) is -1.33. The topological polar surface area (TPSA) is 118 Å². The number of nitrogens with zero attached hydrogens (tertiary/aromatic N) is 1. The summed E-state index contributed by atoms with van der Waals surface area (Å²) in [5, 5.41) is 9.84. The van der Waals surface area contributed by atoms with Crippen molar-refractivity contribution in [2.75, 3.05) is 0 Å². The van der Waals surface area contributed by atoms with Crippen molar-refractivity contribution in [3.63, 3.8) is 0 Å². The lowest BCUT2D eigenvalue weighted by Gasteiger charge is -2.26. The molecule has 0 saturated heterocycles. The molecule has 118 valence electrons. The monoisotopic (exact) mass is 312 g/mol. The van der Waals surface area contributed by atoms with E-state index in [0.29, 0.717) is 23.6 Å². The van der Waals surface area contributed by atoms with E-state index in [1.165, 1.54) is 0 Å². The van der Waals surface area contributed by atoms with Gasteiger partial charge in [0.15, 0.2) is 5.69 Å². The minimum absolute atomic E-state index is 0.123. The molecule has 1 aromatic heterocycles. The first kappa shape index (κ1) is 15.0. The first-order valence-corrected chi connectivity index (χ1v) is 7.30. The zero-order valence-electron chi connectivity index (χ0n) is 12.3. The molecule has 3 rings (SSSR count). The third-order valence-corrected chi connectivity index (χ3v) is 4.03. The van der Waals surface area contributed by atoms with Crippen LogP contribution in [-0.2, 0) is 4.79 Å². The number of nitrogens with one attached hydrogen (secondary N) is 2. The maximum absolute atomic E-state index is 12.5. The van der Waals surface area contributed by atoms with E-state index in [0.717, 1.165) is 0 Å². The molecule has 2 atom stereocenters. The van der Waals surface area contributed by atoms with E-state index in [4.69, 9.17) is 5.73 Å². The predicted molar refractivity (Wildman–Crippen MR) is 84.7 cm³/mol. The van der Waals surface area contributed by atoms with E-state index in [-0.39, 0.29) is 17.3 Å². The van der Waals surface area contributed by atoms with Crippen LogP contribution in [0, 0.1) is 5.92 Å². The summed E-state index contributed by atoms with van der Waals surface area (Å²) in [4.78, 5) is 35.8. The van der Waals surface area contributed by atoms with Gasteiger partial charge < -0.3 is 11.1 Å². The molecule has 0 bridgehead atoms. The fraction of sp³-hybridized carbons (Fsp3) is 0.250. The van der Waals surface area contributed by atoms with Crippen molar-refractivity contribution in [3.05, 3.63) is 52.5 Å². The van der Waals surface area contributed by atoms with Crippen LogP contribution in [0.5, 0.6) is 0 Å². The lowest BCUT2D eigenvalue weighted by molar-refractivity contribution is -0.122. The number of H-pyrrole nitrogens is 1.